The van der Waals surface area contributed by atoms with Crippen LogP contribution in [0.25, 0.3) is 0 Å². The van der Waals surface area contributed by atoms with E-state index < -0.39 is 0 Å². The van der Waals surface area contributed by atoms with Gasteiger partial charge in [-0.2, -0.15) is 0 Å². The molecule has 1 aromatic carbocycles. The summed E-state index contributed by atoms with van der Waals surface area (Å²) >= 11 is 0. The smallest absolute Gasteiger partial charge is 0.0679 e. The van der Waals surface area contributed by atoms with Gasteiger partial charge in [-0.25, -0.2) is 0 Å². The standard InChI is InChI=1S/C11H15NO/c13-11-7-10(12-8-11)6-9-4-2-1-3-5-9/h1-5,10-13H,6-8H2/t10-,11+/m0/s1. The van der Waals surface area contributed by atoms with E-state index in [9.17, 15) is 5.11 Å². The van der Waals surface area contributed by atoms with Crippen molar-refractivity contribution in [2.45, 2.75) is 25.0 Å². The summed E-state index contributed by atoms with van der Waals surface area (Å²) in [6.45, 7) is 0.748. The number of aliphatic hydroxyl groups is 1. The van der Waals surface area contributed by atoms with Crippen molar-refractivity contribution in [2.75, 3.05) is 6.54 Å². The third kappa shape index (κ3) is 2.29. The van der Waals surface area contributed by atoms with Crippen LogP contribution in [-0.2, 0) is 6.42 Å². The predicted octanol–water partition coefficient (Wildman–Crippen LogP) is 0.952. The Morgan fingerprint density at radius 1 is 1.31 bits per heavy atom. The van der Waals surface area contributed by atoms with E-state index in [1.807, 2.05) is 6.07 Å². The largest absolute Gasteiger partial charge is 0.392 e. The predicted molar refractivity (Wildman–Crippen MR) is 52.6 cm³/mol. The quantitative estimate of drug-likeness (QED) is 0.705. The molecule has 0 radical (unpaired) electrons. The van der Waals surface area contributed by atoms with E-state index in [1.165, 1.54) is 5.56 Å². The molecule has 70 valence electrons. The minimum Gasteiger partial charge on any atom is -0.392 e. The van der Waals surface area contributed by atoms with E-state index in [2.05, 4.69) is 29.6 Å². The number of aliphatic hydroxyl groups excluding tert-OH is 1. The Labute approximate surface area is 78.6 Å². The van der Waals surface area contributed by atoms with Crippen LogP contribution < -0.4 is 5.32 Å². The van der Waals surface area contributed by atoms with Crippen molar-refractivity contribution in [3.05, 3.63) is 35.9 Å². The molecule has 1 saturated heterocycles. The van der Waals surface area contributed by atoms with Gasteiger partial charge < -0.3 is 10.4 Å². The molecule has 0 aliphatic carbocycles. The highest BCUT2D eigenvalue weighted by atomic mass is 16.3. The van der Waals surface area contributed by atoms with Crippen molar-refractivity contribution in [1.29, 1.82) is 0 Å². The first-order chi connectivity index (χ1) is 6.34. The highest BCUT2D eigenvalue weighted by Crippen LogP contribution is 2.12. The van der Waals surface area contributed by atoms with Gasteiger partial charge in [-0.15, -0.1) is 0 Å². The van der Waals surface area contributed by atoms with Crippen molar-refractivity contribution >= 4 is 0 Å². The van der Waals surface area contributed by atoms with Gasteiger partial charge in [0.15, 0.2) is 0 Å². The summed E-state index contributed by atoms with van der Waals surface area (Å²) in [5.74, 6) is 0. The highest BCUT2D eigenvalue weighted by molar-refractivity contribution is 5.16. The summed E-state index contributed by atoms with van der Waals surface area (Å²) in [5, 5.41) is 12.6. The fourth-order valence-corrected chi connectivity index (χ4v) is 1.85. The van der Waals surface area contributed by atoms with Crippen molar-refractivity contribution in [3.63, 3.8) is 0 Å². The molecule has 0 bridgehead atoms. The molecule has 0 unspecified atom stereocenters. The van der Waals surface area contributed by atoms with E-state index >= 15 is 0 Å². The van der Waals surface area contributed by atoms with Gasteiger partial charge in [0.1, 0.15) is 0 Å². The first kappa shape index (κ1) is 8.73. The van der Waals surface area contributed by atoms with Crippen LogP contribution in [0.3, 0.4) is 0 Å². The van der Waals surface area contributed by atoms with Gasteiger partial charge in [0, 0.05) is 12.6 Å². The summed E-state index contributed by atoms with van der Waals surface area (Å²) in [7, 11) is 0. The van der Waals surface area contributed by atoms with Crippen molar-refractivity contribution < 1.29 is 5.11 Å². The van der Waals surface area contributed by atoms with Crippen LogP contribution in [0.2, 0.25) is 0 Å². The molecule has 1 fully saturated rings. The average Bonchev–Trinajstić information content (AvgIpc) is 2.53. The van der Waals surface area contributed by atoms with Crippen molar-refractivity contribution in [3.8, 4) is 0 Å². The number of nitrogens with one attached hydrogen (secondary N) is 1. The summed E-state index contributed by atoms with van der Waals surface area (Å²) in [5.41, 5.74) is 1.34. The molecule has 2 N–H and O–H groups in total. The van der Waals surface area contributed by atoms with Gasteiger partial charge in [0.2, 0.25) is 0 Å². The van der Waals surface area contributed by atoms with Crippen molar-refractivity contribution in [1.82, 2.24) is 5.32 Å². The van der Waals surface area contributed by atoms with Crippen LogP contribution in [0.4, 0.5) is 0 Å². The Hall–Kier alpha value is -0.860. The molecule has 0 aromatic heterocycles. The second-order valence-electron chi connectivity index (χ2n) is 3.68. The monoisotopic (exact) mass is 177 g/mol. The Kier molecular flexibility index (Phi) is 2.62. The number of hydrogen-bond donors (Lipinski definition) is 2. The lowest BCUT2D eigenvalue weighted by Gasteiger charge is -2.09. The number of rotatable bonds is 2. The molecule has 2 rings (SSSR count). The SMILES string of the molecule is O[C@H]1CN[C@@H](Cc2ccccc2)C1. The molecule has 1 aliphatic heterocycles. The normalized spacial score (nSPS) is 27.8. The molecule has 0 saturated carbocycles. The van der Waals surface area contributed by atoms with E-state index in [1.54, 1.807) is 0 Å². The maximum absolute atomic E-state index is 9.32. The lowest BCUT2D eigenvalue weighted by Crippen LogP contribution is -2.23. The number of hydrogen-bond acceptors (Lipinski definition) is 2. The minimum absolute atomic E-state index is 0.145. The molecular weight excluding hydrogens is 162 g/mol. The van der Waals surface area contributed by atoms with Gasteiger partial charge in [-0.3, -0.25) is 0 Å². The molecule has 0 spiro atoms. The molecular formula is C11H15NO. The van der Waals surface area contributed by atoms with Gasteiger partial charge >= 0.3 is 0 Å². The Morgan fingerprint density at radius 3 is 2.69 bits per heavy atom. The zero-order valence-corrected chi connectivity index (χ0v) is 7.61. The average molecular weight is 177 g/mol. The van der Waals surface area contributed by atoms with Gasteiger partial charge in [-0.05, 0) is 18.4 Å². The minimum atomic E-state index is -0.145. The molecule has 1 heterocycles. The maximum Gasteiger partial charge on any atom is 0.0679 e. The zero-order chi connectivity index (χ0) is 9.10. The molecule has 0 amide bonds. The Balaban J connectivity index is 1.92. The van der Waals surface area contributed by atoms with Crippen LogP contribution in [0.1, 0.15) is 12.0 Å². The lowest BCUT2D eigenvalue weighted by atomic mass is 10.0. The Bertz CT molecular complexity index is 260. The van der Waals surface area contributed by atoms with Crippen LogP contribution in [-0.4, -0.2) is 23.8 Å². The summed E-state index contributed by atoms with van der Waals surface area (Å²) in [6.07, 6.45) is 1.76. The third-order valence-corrected chi connectivity index (χ3v) is 2.52. The van der Waals surface area contributed by atoms with E-state index in [0.717, 1.165) is 19.4 Å². The highest BCUT2D eigenvalue weighted by Gasteiger charge is 2.21. The van der Waals surface area contributed by atoms with Crippen LogP contribution in [0.5, 0.6) is 0 Å². The molecule has 13 heavy (non-hydrogen) atoms. The summed E-state index contributed by atoms with van der Waals surface area (Å²) in [4.78, 5) is 0. The van der Waals surface area contributed by atoms with E-state index in [-0.39, 0.29) is 6.10 Å². The van der Waals surface area contributed by atoms with E-state index in [0.29, 0.717) is 6.04 Å². The van der Waals surface area contributed by atoms with Crippen LogP contribution >= 0.6 is 0 Å². The second kappa shape index (κ2) is 3.90. The summed E-state index contributed by atoms with van der Waals surface area (Å²) in [6, 6.07) is 10.9. The second-order valence-corrected chi connectivity index (χ2v) is 3.68. The fraction of sp³-hybridized carbons (Fsp3) is 0.455. The van der Waals surface area contributed by atoms with Gasteiger partial charge in [0.05, 0.1) is 6.10 Å². The maximum atomic E-state index is 9.32. The van der Waals surface area contributed by atoms with Crippen molar-refractivity contribution in [2.24, 2.45) is 0 Å². The number of benzene rings is 1. The first-order valence-corrected chi connectivity index (χ1v) is 4.80. The molecule has 1 aliphatic rings. The third-order valence-electron chi connectivity index (χ3n) is 2.52. The van der Waals surface area contributed by atoms with Crippen LogP contribution in [0.15, 0.2) is 30.3 Å². The molecule has 1 aromatic rings. The lowest BCUT2D eigenvalue weighted by molar-refractivity contribution is 0.193. The molecule has 2 nitrogen and oxygen atoms in total. The first-order valence-electron chi connectivity index (χ1n) is 4.80. The van der Waals surface area contributed by atoms with Crippen LogP contribution in [0, 0.1) is 0 Å². The zero-order valence-electron chi connectivity index (χ0n) is 7.61. The number of β-amino-alcohol motifs (C(OH)–C–C–N with tert-alkyl or cyclic N) is 1. The summed E-state index contributed by atoms with van der Waals surface area (Å²) < 4.78 is 0. The van der Waals surface area contributed by atoms with E-state index in [4.69, 9.17) is 0 Å². The van der Waals surface area contributed by atoms with Gasteiger partial charge in [0.25, 0.3) is 0 Å². The Morgan fingerprint density at radius 2 is 2.08 bits per heavy atom. The molecule has 2 heteroatoms. The fourth-order valence-electron chi connectivity index (χ4n) is 1.85. The van der Waals surface area contributed by atoms with Gasteiger partial charge in [-0.1, -0.05) is 30.3 Å². The molecule has 2 atom stereocenters. The topological polar surface area (TPSA) is 32.3 Å².